The maximum atomic E-state index is 11.5. The number of pyridine rings is 1. The third-order valence-corrected chi connectivity index (χ3v) is 4.85. The van der Waals surface area contributed by atoms with Gasteiger partial charge in [0.1, 0.15) is 0 Å². The van der Waals surface area contributed by atoms with E-state index in [9.17, 15) is 4.79 Å². The Bertz CT molecular complexity index is 1040. The van der Waals surface area contributed by atoms with Crippen LogP contribution in [-0.4, -0.2) is 25.2 Å². The van der Waals surface area contributed by atoms with Crippen LogP contribution in [-0.2, 0) is 6.54 Å². The number of para-hydroxylation sites is 1. The van der Waals surface area contributed by atoms with Crippen molar-refractivity contribution < 1.29 is 0 Å². The highest BCUT2D eigenvalue weighted by Gasteiger charge is 2.15. The minimum Gasteiger partial charge on any atom is -0.256 e. The van der Waals surface area contributed by atoms with E-state index in [-0.39, 0.29) is 5.69 Å². The smallest absolute Gasteiger partial charge is 0.256 e. The Balaban J connectivity index is 0.000000200. The zero-order chi connectivity index (χ0) is 20.8. The SMILES string of the molecule is CC(C)c1cccc(C(C)C)c1Cn1[nH]nnc1=O.c1ccc2ncccc2c1. The van der Waals surface area contributed by atoms with Crippen molar-refractivity contribution in [1.82, 2.24) is 25.2 Å². The van der Waals surface area contributed by atoms with Crippen LogP contribution < -0.4 is 5.69 Å². The second-order valence-electron chi connectivity index (χ2n) is 7.59. The van der Waals surface area contributed by atoms with Crippen molar-refractivity contribution in [2.45, 2.75) is 46.1 Å². The van der Waals surface area contributed by atoms with Crippen LogP contribution in [0.1, 0.15) is 56.2 Å². The number of nitrogens with zero attached hydrogens (tertiary/aromatic N) is 4. The van der Waals surface area contributed by atoms with Crippen molar-refractivity contribution in [3.8, 4) is 0 Å². The molecule has 29 heavy (non-hydrogen) atoms. The van der Waals surface area contributed by atoms with E-state index < -0.39 is 0 Å². The summed E-state index contributed by atoms with van der Waals surface area (Å²) < 4.78 is 1.44. The second-order valence-corrected chi connectivity index (χ2v) is 7.59. The van der Waals surface area contributed by atoms with Gasteiger partial charge in [-0.15, -0.1) is 0 Å². The molecule has 6 nitrogen and oxygen atoms in total. The summed E-state index contributed by atoms with van der Waals surface area (Å²) in [7, 11) is 0. The van der Waals surface area contributed by atoms with Crippen molar-refractivity contribution in [2.24, 2.45) is 0 Å². The molecule has 2 aromatic carbocycles. The third kappa shape index (κ3) is 4.96. The van der Waals surface area contributed by atoms with Gasteiger partial charge in [0, 0.05) is 11.6 Å². The Hall–Kier alpha value is -3.28. The first kappa shape index (κ1) is 20.5. The average molecular weight is 390 g/mol. The lowest BCUT2D eigenvalue weighted by Crippen LogP contribution is -2.20. The van der Waals surface area contributed by atoms with Gasteiger partial charge in [-0.05, 0) is 45.9 Å². The first-order valence-electron chi connectivity index (χ1n) is 9.86. The summed E-state index contributed by atoms with van der Waals surface area (Å²) in [6, 6.07) is 18.4. The molecule has 2 aromatic heterocycles. The molecule has 0 aliphatic heterocycles. The van der Waals surface area contributed by atoms with Crippen molar-refractivity contribution in [3.63, 3.8) is 0 Å². The molecule has 2 heterocycles. The zero-order valence-electron chi connectivity index (χ0n) is 17.3. The van der Waals surface area contributed by atoms with Crippen LogP contribution in [0.5, 0.6) is 0 Å². The highest BCUT2D eigenvalue weighted by Crippen LogP contribution is 2.27. The molecule has 4 aromatic rings. The van der Waals surface area contributed by atoms with E-state index in [1.165, 1.54) is 26.8 Å². The van der Waals surface area contributed by atoms with E-state index in [1.807, 2.05) is 30.5 Å². The van der Waals surface area contributed by atoms with Gasteiger partial charge < -0.3 is 0 Å². The molecule has 0 amide bonds. The summed E-state index contributed by atoms with van der Waals surface area (Å²) in [5.41, 5.74) is 4.46. The minimum absolute atomic E-state index is 0.340. The summed E-state index contributed by atoms with van der Waals surface area (Å²) in [5.74, 6) is 0.834. The van der Waals surface area contributed by atoms with Crippen LogP contribution >= 0.6 is 0 Å². The van der Waals surface area contributed by atoms with Gasteiger partial charge in [0.15, 0.2) is 0 Å². The van der Waals surface area contributed by atoms with Crippen LogP contribution in [0.15, 0.2) is 65.6 Å². The van der Waals surface area contributed by atoms with E-state index in [4.69, 9.17) is 0 Å². The molecule has 0 fully saturated rings. The van der Waals surface area contributed by atoms with E-state index in [2.05, 4.69) is 78.5 Å². The standard InChI is InChI=1S/C14H20N4O.C9H7N/c1-9(2)11-6-5-7-12(10(3)4)13(11)8-18-14(19)15-16-17-18;1-2-6-9-8(4-1)5-3-7-10-9/h5-7,9-10H,8H2,1-4H3,(H,15,17,19);1-7H. The van der Waals surface area contributed by atoms with E-state index in [0.717, 1.165) is 5.52 Å². The van der Waals surface area contributed by atoms with Gasteiger partial charge in [-0.2, -0.15) is 5.21 Å². The fraction of sp³-hybridized carbons (Fsp3) is 0.304. The van der Waals surface area contributed by atoms with Crippen molar-refractivity contribution in [3.05, 3.63) is 88.0 Å². The Labute approximate surface area is 170 Å². The highest BCUT2D eigenvalue weighted by atomic mass is 16.2. The fourth-order valence-electron chi connectivity index (χ4n) is 3.38. The number of aromatic amines is 1. The average Bonchev–Trinajstić information content (AvgIpc) is 3.13. The highest BCUT2D eigenvalue weighted by molar-refractivity contribution is 5.77. The monoisotopic (exact) mass is 389 g/mol. The molecule has 0 saturated carbocycles. The molecule has 0 aliphatic carbocycles. The first-order chi connectivity index (χ1) is 14.0. The number of rotatable bonds is 4. The molecule has 0 bridgehead atoms. The molecule has 0 radical (unpaired) electrons. The number of hydrogen-bond acceptors (Lipinski definition) is 4. The van der Waals surface area contributed by atoms with Gasteiger partial charge in [-0.1, -0.05) is 75.3 Å². The van der Waals surface area contributed by atoms with E-state index >= 15 is 0 Å². The Kier molecular flexibility index (Phi) is 6.54. The maximum Gasteiger partial charge on any atom is 0.383 e. The number of hydrogen-bond donors (Lipinski definition) is 1. The second kappa shape index (κ2) is 9.28. The van der Waals surface area contributed by atoms with Crippen molar-refractivity contribution in [1.29, 1.82) is 0 Å². The molecule has 0 atom stereocenters. The molecule has 6 heteroatoms. The summed E-state index contributed by atoms with van der Waals surface area (Å²) in [6.45, 7) is 9.15. The lowest BCUT2D eigenvalue weighted by molar-refractivity contribution is 0.616. The summed E-state index contributed by atoms with van der Waals surface area (Å²) in [5, 5.41) is 10.8. The number of aromatic nitrogens is 5. The van der Waals surface area contributed by atoms with E-state index in [0.29, 0.717) is 18.4 Å². The lowest BCUT2D eigenvalue weighted by Gasteiger charge is -2.19. The van der Waals surface area contributed by atoms with Crippen LogP contribution in [0.4, 0.5) is 0 Å². The van der Waals surface area contributed by atoms with Crippen LogP contribution in [0.2, 0.25) is 0 Å². The number of H-pyrrole nitrogens is 1. The molecule has 0 spiro atoms. The van der Waals surface area contributed by atoms with Crippen molar-refractivity contribution in [2.75, 3.05) is 0 Å². The van der Waals surface area contributed by atoms with Crippen LogP contribution in [0, 0.1) is 0 Å². The van der Waals surface area contributed by atoms with Gasteiger partial charge in [0.2, 0.25) is 0 Å². The first-order valence-corrected chi connectivity index (χ1v) is 9.86. The van der Waals surface area contributed by atoms with Gasteiger partial charge >= 0.3 is 5.69 Å². The van der Waals surface area contributed by atoms with Crippen LogP contribution in [0.3, 0.4) is 0 Å². The summed E-state index contributed by atoms with van der Waals surface area (Å²) >= 11 is 0. The normalized spacial score (nSPS) is 11.0. The Morgan fingerprint density at radius 2 is 1.55 bits per heavy atom. The molecule has 150 valence electrons. The predicted octanol–water partition coefficient (Wildman–Crippen LogP) is 4.50. The molecular formula is C23H27N5O. The quantitative estimate of drug-likeness (QED) is 0.558. The number of fused-ring (bicyclic) bond motifs is 1. The summed E-state index contributed by atoms with van der Waals surface area (Å²) in [4.78, 5) is 15.7. The molecular weight excluding hydrogens is 362 g/mol. The molecule has 1 N–H and O–H groups in total. The number of nitrogens with one attached hydrogen (secondary N) is 1. The Morgan fingerprint density at radius 1 is 0.897 bits per heavy atom. The van der Waals surface area contributed by atoms with Gasteiger partial charge in [0.25, 0.3) is 0 Å². The number of benzene rings is 2. The predicted molar refractivity (Wildman–Crippen MR) is 116 cm³/mol. The zero-order valence-corrected chi connectivity index (χ0v) is 17.3. The van der Waals surface area contributed by atoms with Crippen molar-refractivity contribution >= 4 is 10.9 Å². The van der Waals surface area contributed by atoms with Crippen LogP contribution in [0.25, 0.3) is 10.9 Å². The summed E-state index contributed by atoms with van der Waals surface area (Å²) in [6.07, 6.45) is 1.81. The van der Waals surface area contributed by atoms with E-state index in [1.54, 1.807) is 0 Å². The Morgan fingerprint density at radius 3 is 2.14 bits per heavy atom. The molecule has 4 rings (SSSR count). The molecule has 0 aliphatic rings. The molecule has 0 unspecified atom stereocenters. The largest absolute Gasteiger partial charge is 0.383 e. The fourth-order valence-corrected chi connectivity index (χ4v) is 3.38. The molecule has 0 saturated heterocycles. The minimum atomic E-state index is -0.340. The number of tetrazole rings is 1. The maximum absolute atomic E-state index is 11.5. The van der Waals surface area contributed by atoms with Gasteiger partial charge in [-0.3, -0.25) is 4.98 Å². The van der Waals surface area contributed by atoms with Gasteiger partial charge in [-0.25, -0.2) is 9.48 Å². The lowest BCUT2D eigenvalue weighted by atomic mass is 9.89. The van der Waals surface area contributed by atoms with Gasteiger partial charge in [0.05, 0.1) is 12.1 Å². The third-order valence-electron chi connectivity index (χ3n) is 4.85. The topological polar surface area (TPSA) is 76.5 Å².